The lowest BCUT2D eigenvalue weighted by atomic mass is 10.0. The molecule has 130 valence electrons. The highest BCUT2D eigenvalue weighted by atomic mass is 19.2. The van der Waals surface area contributed by atoms with Crippen LogP contribution in [0.5, 0.6) is 0 Å². The monoisotopic (exact) mass is 347 g/mol. The summed E-state index contributed by atoms with van der Waals surface area (Å²) in [6.07, 6.45) is 2.83. The van der Waals surface area contributed by atoms with Gasteiger partial charge in [-0.05, 0) is 36.5 Å². The third-order valence-corrected chi connectivity index (χ3v) is 4.28. The molecule has 3 nitrogen and oxygen atoms in total. The van der Waals surface area contributed by atoms with Crippen LogP contribution in [0, 0.1) is 17.5 Å². The molecule has 0 heterocycles. The van der Waals surface area contributed by atoms with E-state index in [9.17, 15) is 22.8 Å². The summed E-state index contributed by atoms with van der Waals surface area (Å²) in [5, 5.41) is 2.15. The van der Waals surface area contributed by atoms with Crippen molar-refractivity contribution in [1.82, 2.24) is 0 Å². The predicted molar refractivity (Wildman–Crippen MR) is 87.0 cm³/mol. The molecule has 6 heteroatoms. The van der Waals surface area contributed by atoms with Gasteiger partial charge in [-0.1, -0.05) is 12.1 Å². The first-order valence-corrected chi connectivity index (χ1v) is 8.03. The Morgan fingerprint density at radius 1 is 0.880 bits per heavy atom. The number of rotatable bonds is 5. The molecule has 1 aliphatic carbocycles. The lowest BCUT2D eigenvalue weighted by Crippen LogP contribution is -2.15. The standard InChI is InChI=1S/C19H16F3NO2/c20-14-9-16(22)17(10-15(14)21)23-19(25)7-6-18(24)13-5-4-11-2-1-3-12(11)8-13/h4-5,8-10H,1-3,6-7H2,(H,23,25). The zero-order chi connectivity index (χ0) is 18.0. The van der Waals surface area contributed by atoms with Gasteiger partial charge >= 0.3 is 0 Å². The first kappa shape index (κ1) is 17.2. The topological polar surface area (TPSA) is 46.2 Å². The molecule has 0 bridgehead atoms. The maximum Gasteiger partial charge on any atom is 0.224 e. The second-order valence-electron chi connectivity index (χ2n) is 6.05. The largest absolute Gasteiger partial charge is 0.323 e. The number of nitrogens with one attached hydrogen (secondary N) is 1. The van der Waals surface area contributed by atoms with Gasteiger partial charge < -0.3 is 5.32 Å². The van der Waals surface area contributed by atoms with Gasteiger partial charge in [0.2, 0.25) is 5.91 Å². The smallest absolute Gasteiger partial charge is 0.224 e. The number of anilines is 1. The number of carbonyl (C=O) groups is 2. The average Bonchev–Trinajstić information content (AvgIpc) is 3.05. The van der Waals surface area contributed by atoms with Crippen molar-refractivity contribution in [3.63, 3.8) is 0 Å². The van der Waals surface area contributed by atoms with Crippen LogP contribution >= 0.6 is 0 Å². The second kappa shape index (κ2) is 7.09. The fourth-order valence-electron chi connectivity index (χ4n) is 2.95. The fraction of sp³-hybridized carbons (Fsp3) is 0.263. The summed E-state index contributed by atoms with van der Waals surface area (Å²) in [6, 6.07) is 6.48. The van der Waals surface area contributed by atoms with Crippen LogP contribution in [0.15, 0.2) is 30.3 Å². The maximum atomic E-state index is 13.5. The molecule has 0 unspecified atom stereocenters. The summed E-state index contributed by atoms with van der Waals surface area (Å²) < 4.78 is 39.5. The average molecular weight is 347 g/mol. The molecule has 0 aliphatic heterocycles. The van der Waals surface area contributed by atoms with Crippen molar-refractivity contribution in [3.05, 3.63) is 64.5 Å². The molecule has 1 aliphatic rings. The van der Waals surface area contributed by atoms with Gasteiger partial charge in [0.25, 0.3) is 0 Å². The van der Waals surface area contributed by atoms with Gasteiger partial charge in [0.1, 0.15) is 5.82 Å². The van der Waals surface area contributed by atoms with E-state index < -0.39 is 29.0 Å². The van der Waals surface area contributed by atoms with E-state index in [-0.39, 0.29) is 18.6 Å². The molecule has 3 rings (SSSR count). The molecule has 0 radical (unpaired) electrons. The van der Waals surface area contributed by atoms with Crippen LogP contribution in [0.2, 0.25) is 0 Å². The Balaban J connectivity index is 1.59. The molecule has 2 aromatic carbocycles. The van der Waals surface area contributed by atoms with Crippen molar-refractivity contribution in [3.8, 4) is 0 Å². The van der Waals surface area contributed by atoms with Crippen molar-refractivity contribution in [2.24, 2.45) is 0 Å². The normalized spacial score (nSPS) is 12.8. The third kappa shape index (κ3) is 3.90. The van der Waals surface area contributed by atoms with Crippen LogP contribution in [0.1, 0.15) is 40.7 Å². The van der Waals surface area contributed by atoms with E-state index in [2.05, 4.69) is 5.32 Å². The molecule has 25 heavy (non-hydrogen) atoms. The number of hydrogen-bond donors (Lipinski definition) is 1. The van der Waals surface area contributed by atoms with Crippen molar-refractivity contribution in [2.75, 3.05) is 5.32 Å². The Kier molecular flexibility index (Phi) is 4.88. The number of halogens is 3. The van der Waals surface area contributed by atoms with E-state index in [1.165, 1.54) is 11.1 Å². The minimum Gasteiger partial charge on any atom is -0.323 e. The van der Waals surface area contributed by atoms with Gasteiger partial charge in [-0.3, -0.25) is 9.59 Å². The number of carbonyl (C=O) groups excluding carboxylic acids is 2. The molecule has 1 amide bonds. The van der Waals surface area contributed by atoms with Crippen LogP contribution in [-0.4, -0.2) is 11.7 Å². The summed E-state index contributed by atoms with van der Waals surface area (Å²) in [6.45, 7) is 0. The Morgan fingerprint density at radius 2 is 1.60 bits per heavy atom. The summed E-state index contributed by atoms with van der Waals surface area (Å²) in [5.74, 6) is -4.49. The van der Waals surface area contributed by atoms with Crippen molar-refractivity contribution >= 4 is 17.4 Å². The molecule has 2 aromatic rings. The number of ketones is 1. The van der Waals surface area contributed by atoms with E-state index in [0.717, 1.165) is 19.3 Å². The number of Topliss-reactive ketones (excluding diaryl/α,β-unsaturated/α-hetero) is 1. The molecule has 0 saturated heterocycles. The van der Waals surface area contributed by atoms with Gasteiger partial charge in [0, 0.05) is 30.5 Å². The second-order valence-corrected chi connectivity index (χ2v) is 6.05. The Bertz CT molecular complexity index is 849. The number of amides is 1. The molecule has 0 saturated carbocycles. The molecular weight excluding hydrogens is 331 g/mol. The lowest BCUT2D eigenvalue weighted by Gasteiger charge is -2.07. The summed E-state index contributed by atoms with van der Waals surface area (Å²) in [4.78, 5) is 24.0. The van der Waals surface area contributed by atoms with Crippen LogP contribution < -0.4 is 5.32 Å². The highest BCUT2D eigenvalue weighted by Crippen LogP contribution is 2.24. The quantitative estimate of drug-likeness (QED) is 0.651. The van der Waals surface area contributed by atoms with Crippen LogP contribution in [0.25, 0.3) is 0 Å². The van der Waals surface area contributed by atoms with E-state index in [1.54, 1.807) is 6.07 Å². The zero-order valence-corrected chi connectivity index (χ0v) is 13.4. The Hall–Kier alpha value is -2.63. The van der Waals surface area contributed by atoms with Crippen LogP contribution in [0.4, 0.5) is 18.9 Å². The predicted octanol–water partition coefficient (Wildman–Crippen LogP) is 4.19. The first-order chi connectivity index (χ1) is 11.9. The fourth-order valence-corrected chi connectivity index (χ4v) is 2.95. The first-order valence-electron chi connectivity index (χ1n) is 8.03. The van der Waals surface area contributed by atoms with Gasteiger partial charge in [-0.2, -0.15) is 0 Å². The minimum absolute atomic E-state index is 0.0457. The minimum atomic E-state index is -1.33. The Labute approximate surface area is 142 Å². The van der Waals surface area contributed by atoms with Gasteiger partial charge in [0.05, 0.1) is 5.69 Å². The summed E-state index contributed by atoms with van der Waals surface area (Å²) >= 11 is 0. The van der Waals surface area contributed by atoms with E-state index in [0.29, 0.717) is 17.7 Å². The Morgan fingerprint density at radius 3 is 2.40 bits per heavy atom. The lowest BCUT2D eigenvalue weighted by molar-refractivity contribution is -0.116. The van der Waals surface area contributed by atoms with Gasteiger partial charge in [-0.25, -0.2) is 13.2 Å². The number of fused-ring (bicyclic) bond motifs is 1. The zero-order valence-electron chi connectivity index (χ0n) is 13.4. The molecule has 0 spiro atoms. The van der Waals surface area contributed by atoms with Crippen molar-refractivity contribution in [1.29, 1.82) is 0 Å². The van der Waals surface area contributed by atoms with E-state index in [4.69, 9.17) is 0 Å². The molecule has 1 N–H and O–H groups in total. The van der Waals surface area contributed by atoms with Crippen molar-refractivity contribution in [2.45, 2.75) is 32.1 Å². The number of hydrogen-bond acceptors (Lipinski definition) is 2. The van der Waals surface area contributed by atoms with E-state index in [1.807, 2.05) is 12.1 Å². The van der Waals surface area contributed by atoms with Crippen LogP contribution in [0.3, 0.4) is 0 Å². The molecule has 0 atom stereocenters. The maximum absolute atomic E-state index is 13.5. The van der Waals surface area contributed by atoms with Gasteiger partial charge in [0.15, 0.2) is 17.4 Å². The third-order valence-electron chi connectivity index (χ3n) is 4.28. The number of benzene rings is 2. The van der Waals surface area contributed by atoms with Crippen LogP contribution in [-0.2, 0) is 17.6 Å². The van der Waals surface area contributed by atoms with Gasteiger partial charge in [-0.15, -0.1) is 0 Å². The van der Waals surface area contributed by atoms with Crippen molar-refractivity contribution < 1.29 is 22.8 Å². The SMILES string of the molecule is O=C(CCC(=O)c1ccc2c(c1)CCC2)Nc1cc(F)c(F)cc1F. The number of aryl methyl sites for hydroxylation is 2. The molecular formula is C19H16F3NO2. The highest BCUT2D eigenvalue weighted by molar-refractivity contribution is 6.00. The van der Waals surface area contributed by atoms with E-state index >= 15 is 0 Å². The highest BCUT2D eigenvalue weighted by Gasteiger charge is 2.16. The summed E-state index contributed by atoms with van der Waals surface area (Å²) in [7, 11) is 0. The summed E-state index contributed by atoms with van der Waals surface area (Å²) in [5.41, 5.74) is 2.52. The molecule has 0 aromatic heterocycles. The molecule has 0 fully saturated rings.